The first-order valence-corrected chi connectivity index (χ1v) is 9.68. The highest BCUT2D eigenvalue weighted by atomic mass is 16.6. The summed E-state index contributed by atoms with van der Waals surface area (Å²) >= 11 is 0. The molecule has 4 heterocycles. The van der Waals surface area contributed by atoms with Gasteiger partial charge in [-0.1, -0.05) is 24.3 Å². The van der Waals surface area contributed by atoms with Crippen LogP contribution in [0.2, 0.25) is 0 Å². The molecule has 6 rings (SSSR count). The van der Waals surface area contributed by atoms with E-state index in [9.17, 15) is 19.2 Å². The predicted octanol–water partition coefficient (Wildman–Crippen LogP) is 1.36. The Balaban J connectivity index is 0.000000128. The zero-order chi connectivity index (χ0) is 20.8. The van der Waals surface area contributed by atoms with Gasteiger partial charge in [0.05, 0.1) is 60.8 Å². The van der Waals surface area contributed by atoms with Crippen molar-refractivity contribution in [1.29, 1.82) is 0 Å². The molecule has 2 aromatic rings. The summed E-state index contributed by atoms with van der Waals surface area (Å²) in [6.07, 6.45) is 0.0967. The van der Waals surface area contributed by atoms with Crippen LogP contribution in [0.3, 0.4) is 0 Å². The van der Waals surface area contributed by atoms with E-state index in [1.807, 2.05) is 0 Å². The smallest absolute Gasteiger partial charge is 0.261 e. The Kier molecular flexibility index (Phi) is 4.45. The quantitative estimate of drug-likeness (QED) is 0.562. The number of fused-ring (bicyclic) bond motifs is 2. The van der Waals surface area contributed by atoms with Crippen LogP contribution < -0.4 is 0 Å². The number of nitrogens with zero attached hydrogens (tertiary/aromatic N) is 2. The van der Waals surface area contributed by atoms with Gasteiger partial charge in [-0.2, -0.15) is 0 Å². The molecule has 0 spiro atoms. The second kappa shape index (κ2) is 7.16. The Labute approximate surface area is 172 Å². The van der Waals surface area contributed by atoms with Crippen LogP contribution in [0.5, 0.6) is 0 Å². The molecule has 2 unspecified atom stereocenters. The minimum atomic E-state index is -0.203. The number of imide groups is 2. The minimum absolute atomic E-state index is 0.0483. The van der Waals surface area contributed by atoms with Crippen molar-refractivity contribution < 1.29 is 28.7 Å². The van der Waals surface area contributed by atoms with Crippen molar-refractivity contribution in [1.82, 2.24) is 9.80 Å². The summed E-state index contributed by atoms with van der Waals surface area (Å²) in [7, 11) is 0. The van der Waals surface area contributed by atoms with E-state index in [1.165, 1.54) is 9.80 Å². The first-order valence-electron chi connectivity index (χ1n) is 9.68. The highest BCUT2D eigenvalue weighted by molar-refractivity contribution is 6.22. The normalized spacial score (nSPS) is 23.2. The number of amides is 4. The molecule has 4 aliphatic heterocycles. The van der Waals surface area contributed by atoms with Crippen molar-refractivity contribution >= 4 is 23.6 Å². The van der Waals surface area contributed by atoms with Crippen molar-refractivity contribution in [3.8, 4) is 0 Å². The maximum absolute atomic E-state index is 11.8. The van der Waals surface area contributed by atoms with Crippen molar-refractivity contribution in [2.45, 2.75) is 12.2 Å². The molecule has 0 radical (unpaired) electrons. The molecule has 2 fully saturated rings. The van der Waals surface area contributed by atoms with Crippen LogP contribution in [0.15, 0.2) is 48.5 Å². The molecule has 0 aromatic heterocycles. The number of carbonyl (C=O) groups is 4. The summed E-state index contributed by atoms with van der Waals surface area (Å²) in [5.74, 6) is -0.811. The van der Waals surface area contributed by atoms with E-state index in [1.54, 1.807) is 48.5 Å². The monoisotopic (exact) mass is 406 g/mol. The maximum atomic E-state index is 11.8. The molecular weight excluding hydrogens is 388 g/mol. The summed E-state index contributed by atoms with van der Waals surface area (Å²) in [6, 6.07) is 13.8. The molecule has 2 atom stereocenters. The highest BCUT2D eigenvalue weighted by Crippen LogP contribution is 2.25. The van der Waals surface area contributed by atoms with Crippen LogP contribution in [0.1, 0.15) is 41.4 Å². The molecule has 4 amide bonds. The first kappa shape index (κ1) is 18.7. The van der Waals surface area contributed by atoms with E-state index in [0.29, 0.717) is 48.6 Å². The van der Waals surface area contributed by atoms with Crippen molar-refractivity contribution in [3.05, 3.63) is 70.8 Å². The number of benzene rings is 2. The Bertz CT molecular complexity index is 917. The average Bonchev–Trinajstić information content (AvgIpc) is 3.69. The predicted molar refractivity (Wildman–Crippen MR) is 103 cm³/mol. The van der Waals surface area contributed by atoms with Crippen LogP contribution in [-0.2, 0) is 9.47 Å². The SMILES string of the molecule is O=C1c2ccccc2C(=O)N1CC1CO1.O=C1c2ccccc2C(=O)N1CC1CO1. The molecule has 0 saturated carbocycles. The Morgan fingerprint density at radius 3 is 1.10 bits per heavy atom. The van der Waals surface area contributed by atoms with Crippen LogP contribution in [-0.4, -0.2) is 71.9 Å². The number of epoxide rings is 2. The van der Waals surface area contributed by atoms with Crippen molar-refractivity contribution in [2.24, 2.45) is 0 Å². The molecule has 0 bridgehead atoms. The topological polar surface area (TPSA) is 99.8 Å². The molecule has 30 heavy (non-hydrogen) atoms. The highest BCUT2D eigenvalue weighted by Gasteiger charge is 2.40. The lowest BCUT2D eigenvalue weighted by molar-refractivity contribution is 0.0628. The van der Waals surface area contributed by atoms with Gasteiger partial charge in [-0.15, -0.1) is 0 Å². The second-order valence-electron chi connectivity index (χ2n) is 7.44. The van der Waals surface area contributed by atoms with E-state index < -0.39 is 0 Å². The van der Waals surface area contributed by atoms with Crippen LogP contribution in [0.25, 0.3) is 0 Å². The summed E-state index contributed by atoms with van der Waals surface area (Å²) < 4.78 is 10.0. The summed E-state index contributed by atoms with van der Waals surface area (Å²) in [5.41, 5.74) is 2.01. The third-order valence-electron chi connectivity index (χ3n) is 5.33. The molecular formula is C22H18N2O6. The van der Waals surface area contributed by atoms with Gasteiger partial charge in [0.25, 0.3) is 23.6 Å². The molecule has 4 aliphatic rings. The van der Waals surface area contributed by atoms with E-state index >= 15 is 0 Å². The third kappa shape index (κ3) is 3.30. The van der Waals surface area contributed by atoms with Crippen LogP contribution in [0.4, 0.5) is 0 Å². The van der Waals surface area contributed by atoms with Gasteiger partial charge < -0.3 is 9.47 Å². The van der Waals surface area contributed by atoms with Gasteiger partial charge in [0, 0.05) is 0 Å². The fourth-order valence-corrected chi connectivity index (χ4v) is 3.56. The molecule has 0 aliphatic carbocycles. The molecule has 8 heteroatoms. The zero-order valence-corrected chi connectivity index (χ0v) is 15.9. The Hall–Kier alpha value is -3.36. The maximum Gasteiger partial charge on any atom is 0.261 e. The second-order valence-corrected chi connectivity index (χ2v) is 7.44. The van der Waals surface area contributed by atoms with Crippen molar-refractivity contribution in [2.75, 3.05) is 26.3 Å². The molecule has 152 valence electrons. The molecule has 8 nitrogen and oxygen atoms in total. The fourth-order valence-electron chi connectivity index (χ4n) is 3.56. The third-order valence-corrected chi connectivity index (χ3v) is 5.33. The van der Waals surface area contributed by atoms with Crippen LogP contribution >= 0.6 is 0 Å². The summed E-state index contributed by atoms with van der Waals surface area (Å²) in [4.78, 5) is 49.8. The van der Waals surface area contributed by atoms with Crippen molar-refractivity contribution in [3.63, 3.8) is 0 Å². The van der Waals surface area contributed by atoms with E-state index in [-0.39, 0.29) is 35.8 Å². The van der Waals surface area contributed by atoms with E-state index in [0.717, 1.165) is 0 Å². The summed E-state index contributed by atoms with van der Waals surface area (Å²) in [6.45, 7) is 2.06. The Morgan fingerprint density at radius 1 is 0.600 bits per heavy atom. The fraction of sp³-hybridized carbons (Fsp3) is 0.273. The van der Waals surface area contributed by atoms with Gasteiger partial charge >= 0.3 is 0 Å². The zero-order valence-electron chi connectivity index (χ0n) is 15.9. The van der Waals surface area contributed by atoms with Gasteiger partial charge in [-0.05, 0) is 24.3 Å². The largest absolute Gasteiger partial charge is 0.371 e. The van der Waals surface area contributed by atoms with Crippen LogP contribution in [0, 0.1) is 0 Å². The minimum Gasteiger partial charge on any atom is -0.371 e. The lowest BCUT2D eigenvalue weighted by Crippen LogP contribution is -2.33. The lowest BCUT2D eigenvalue weighted by Gasteiger charge is -2.10. The van der Waals surface area contributed by atoms with Gasteiger partial charge in [0.1, 0.15) is 0 Å². The molecule has 0 N–H and O–H groups in total. The Morgan fingerprint density at radius 2 is 0.867 bits per heavy atom. The van der Waals surface area contributed by atoms with Gasteiger partial charge in [0.2, 0.25) is 0 Å². The number of carbonyl (C=O) groups excluding carboxylic acids is 4. The first-order chi connectivity index (χ1) is 14.5. The number of ether oxygens (including phenoxy) is 2. The van der Waals surface area contributed by atoms with Gasteiger partial charge in [0.15, 0.2) is 0 Å². The standard InChI is InChI=1S/2C11H9NO3/c2*13-10-8-3-1-2-4-9(8)11(14)12(10)5-7-6-15-7/h2*1-4,7H,5-6H2. The van der Waals surface area contributed by atoms with Gasteiger partial charge in [-0.3, -0.25) is 29.0 Å². The molecule has 2 aromatic carbocycles. The number of hydrogen-bond acceptors (Lipinski definition) is 6. The van der Waals surface area contributed by atoms with E-state index in [4.69, 9.17) is 9.47 Å². The summed E-state index contributed by atoms with van der Waals surface area (Å²) in [5, 5.41) is 0. The number of hydrogen-bond donors (Lipinski definition) is 0. The van der Waals surface area contributed by atoms with E-state index in [2.05, 4.69) is 0 Å². The van der Waals surface area contributed by atoms with Gasteiger partial charge in [-0.25, -0.2) is 0 Å². The molecule has 2 saturated heterocycles. The number of rotatable bonds is 4. The lowest BCUT2D eigenvalue weighted by atomic mass is 10.1. The average molecular weight is 406 g/mol.